The van der Waals surface area contributed by atoms with Crippen molar-refractivity contribution < 1.29 is 13.5 Å². The first-order chi connectivity index (χ1) is 7.66. The minimum absolute atomic E-state index is 0.187. The predicted octanol–water partition coefficient (Wildman–Crippen LogP) is 2.58. The highest BCUT2D eigenvalue weighted by Crippen LogP contribution is 2.20. The molecule has 0 saturated heterocycles. The first-order valence-corrected chi connectivity index (χ1v) is 5.31. The highest BCUT2D eigenvalue weighted by molar-refractivity contribution is 7.09. The van der Waals surface area contributed by atoms with Gasteiger partial charge >= 0.3 is 0 Å². The first kappa shape index (κ1) is 10.8. The monoisotopic (exact) mass is 242 g/mol. The summed E-state index contributed by atoms with van der Waals surface area (Å²) in [5.74, 6) is -2.40. The van der Waals surface area contributed by atoms with Crippen LogP contribution in [-0.4, -0.2) is 4.98 Å². The Hall–Kier alpha value is -1.69. The molecule has 0 fully saturated rings. The summed E-state index contributed by atoms with van der Waals surface area (Å²) in [6.07, 6.45) is 0. The molecule has 2 aromatic rings. The average molecular weight is 242 g/mol. The maximum absolute atomic E-state index is 13.2. The average Bonchev–Trinajstić information content (AvgIpc) is 2.74. The molecule has 16 heavy (non-hydrogen) atoms. The second-order valence-electron chi connectivity index (χ2n) is 3.01. The standard InChI is InChI=1S/C10H8F2N2OS/c11-7-4-8(12)10(14-9(7)13)15-5-6-2-1-3-16-6/h1-4H,5H2,(H2,13,14). The molecule has 2 heterocycles. The second kappa shape index (κ2) is 4.44. The molecule has 0 atom stereocenters. The van der Waals surface area contributed by atoms with Crippen molar-refractivity contribution in [3.63, 3.8) is 0 Å². The number of anilines is 1. The van der Waals surface area contributed by atoms with Crippen LogP contribution in [0.2, 0.25) is 0 Å². The van der Waals surface area contributed by atoms with Gasteiger partial charge in [-0.05, 0) is 11.4 Å². The summed E-state index contributed by atoms with van der Waals surface area (Å²) in [6.45, 7) is 0.187. The van der Waals surface area contributed by atoms with Crippen LogP contribution in [-0.2, 0) is 6.61 Å². The number of hydrogen-bond donors (Lipinski definition) is 1. The van der Waals surface area contributed by atoms with Crippen LogP contribution in [0.15, 0.2) is 23.6 Å². The predicted molar refractivity (Wildman–Crippen MR) is 57.2 cm³/mol. The Kier molecular flexibility index (Phi) is 3.00. The SMILES string of the molecule is Nc1nc(OCc2cccs2)c(F)cc1F. The molecule has 0 bridgehead atoms. The van der Waals surface area contributed by atoms with Gasteiger partial charge in [0.25, 0.3) is 5.88 Å². The molecule has 0 aliphatic heterocycles. The van der Waals surface area contributed by atoms with E-state index in [4.69, 9.17) is 10.5 Å². The molecule has 2 N–H and O–H groups in total. The molecular formula is C10H8F2N2OS. The van der Waals surface area contributed by atoms with Gasteiger partial charge in [-0.2, -0.15) is 4.98 Å². The third-order valence-corrected chi connectivity index (χ3v) is 2.71. The maximum atomic E-state index is 13.2. The Bertz CT molecular complexity index is 488. The van der Waals surface area contributed by atoms with Gasteiger partial charge in [0.15, 0.2) is 17.5 Å². The van der Waals surface area contributed by atoms with Crippen LogP contribution < -0.4 is 10.5 Å². The largest absolute Gasteiger partial charge is 0.470 e. The van der Waals surface area contributed by atoms with E-state index in [1.54, 1.807) is 0 Å². The van der Waals surface area contributed by atoms with E-state index in [0.29, 0.717) is 6.07 Å². The lowest BCUT2D eigenvalue weighted by Gasteiger charge is -2.05. The van der Waals surface area contributed by atoms with Crippen molar-refractivity contribution in [2.24, 2.45) is 0 Å². The van der Waals surface area contributed by atoms with E-state index >= 15 is 0 Å². The van der Waals surface area contributed by atoms with E-state index in [1.807, 2.05) is 17.5 Å². The van der Waals surface area contributed by atoms with Crippen molar-refractivity contribution in [1.29, 1.82) is 0 Å². The van der Waals surface area contributed by atoms with E-state index < -0.39 is 11.6 Å². The second-order valence-corrected chi connectivity index (χ2v) is 4.04. The zero-order chi connectivity index (χ0) is 11.5. The molecule has 0 aliphatic rings. The Balaban J connectivity index is 2.12. The third kappa shape index (κ3) is 2.27. The van der Waals surface area contributed by atoms with E-state index in [0.717, 1.165) is 4.88 Å². The molecular weight excluding hydrogens is 234 g/mol. The Morgan fingerprint density at radius 3 is 2.88 bits per heavy atom. The van der Waals surface area contributed by atoms with Crippen molar-refractivity contribution in [3.05, 3.63) is 40.1 Å². The number of thiophene rings is 1. The summed E-state index contributed by atoms with van der Waals surface area (Å²) in [6, 6.07) is 4.35. The molecule has 0 aliphatic carbocycles. The quantitative estimate of drug-likeness (QED) is 0.899. The highest BCUT2D eigenvalue weighted by Gasteiger charge is 2.11. The number of nitrogen functional groups attached to an aromatic ring is 1. The van der Waals surface area contributed by atoms with Gasteiger partial charge in [-0.15, -0.1) is 11.3 Å². The van der Waals surface area contributed by atoms with Gasteiger partial charge in [0.1, 0.15) is 6.61 Å². The molecule has 0 radical (unpaired) electrons. The fourth-order valence-corrected chi connectivity index (χ4v) is 1.71. The summed E-state index contributed by atoms with van der Waals surface area (Å²) in [7, 11) is 0. The Morgan fingerprint density at radius 2 is 2.19 bits per heavy atom. The van der Waals surface area contributed by atoms with Crippen LogP contribution in [0.5, 0.6) is 5.88 Å². The zero-order valence-electron chi connectivity index (χ0n) is 8.11. The molecule has 2 rings (SSSR count). The van der Waals surface area contributed by atoms with Crippen LogP contribution in [0.3, 0.4) is 0 Å². The molecule has 0 spiro atoms. The van der Waals surface area contributed by atoms with Crippen molar-refractivity contribution in [3.8, 4) is 5.88 Å². The summed E-state index contributed by atoms with van der Waals surface area (Å²) < 4.78 is 31.1. The molecule has 3 nitrogen and oxygen atoms in total. The zero-order valence-corrected chi connectivity index (χ0v) is 8.93. The van der Waals surface area contributed by atoms with Crippen molar-refractivity contribution >= 4 is 17.2 Å². The van der Waals surface area contributed by atoms with Crippen molar-refractivity contribution in [2.45, 2.75) is 6.61 Å². The van der Waals surface area contributed by atoms with Crippen LogP contribution in [0.4, 0.5) is 14.6 Å². The summed E-state index contributed by atoms with van der Waals surface area (Å²) >= 11 is 1.47. The summed E-state index contributed by atoms with van der Waals surface area (Å²) in [5.41, 5.74) is 5.21. The van der Waals surface area contributed by atoms with Crippen LogP contribution in [0.1, 0.15) is 4.88 Å². The molecule has 0 saturated carbocycles. The van der Waals surface area contributed by atoms with Crippen LogP contribution >= 0.6 is 11.3 Å². The lowest BCUT2D eigenvalue weighted by atomic mass is 10.4. The molecule has 6 heteroatoms. The fourth-order valence-electron chi connectivity index (χ4n) is 1.10. The molecule has 2 aromatic heterocycles. The van der Waals surface area contributed by atoms with Crippen molar-refractivity contribution in [1.82, 2.24) is 4.98 Å². The topological polar surface area (TPSA) is 48.1 Å². The van der Waals surface area contributed by atoms with Gasteiger partial charge < -0.3 is 10.5 Å². The number of ether oxygens (including phenoxy) is 1. The van der Waals surface area contributed by atoms with E-state index in [1.165, 1.54) is 11.3 Å². The number of aromatic nitrogens is 1. The lowest BCUT2D eigenvalue weighted by molar-refractivity contribution is 0.279. The minimum atomic E-state index is -0.888. The smallest absolute Gasteiger partial charge is 0.252 e. The Labute approximate surface area is 94.5 Å². The lowest BCUT2D eigenvalue weighted by Crippen LogP contribution is -2.03. The van der Waals surface area contributed by atoms with E-state index in [-0.39, 0.29) is 18.3 Å². The van der Waals surface area contributed by atoms with Gasteiger partial charge in [0.05, 0.1) is 0 Å². The Morgan fingerprint density at radius 1 is 1.38 bits per heavy atom. The van der Waals surface area contributed by atoms with Gasteiger partial charge in [-0.1, -0.05) is 6.07 Å². The van der Waals surface area contributed by atoms with E-state index in [9.17, 15) is 8.78 Å². The maximum Gasteiger partial charge on any atom is 0.252 e. The fraction of sp³-hybridized carbons (Fsp3) is 0.100. The molecule has 84 valence electrons. The van der Waals surface area contributed by atoms with Gasteiger partial charge in [0.2, 0.25) is 0 Å². The summed E-state index contributed by atoms with van der Waals surface area (Å²) in [4.78, 5) is 4.40. The third-order valence-electron chi connectivity index (χ3n) is 1.86. The van der Waals surface area contributed by atoms with E-state index in [2.05, 4.69) is 4.98 Å². The normalized spacial score (nSPS) is 10.4. The summed E-state index contributed by atoms with van der Waals surface area (Å²) in [5, 5.41) is 1.88. The highest BCUT2D eigenvalue weighted by atomic mass is 32.1. The number of nitrogens with zero attached hydrogens (tertiary/aromatic N) is 1. The first-order valence-electron chi connectivity index (χ1n) is 4.43. The molecule has 0 unspecified atom stereocenters. The molecule has 0 aromatic carbocycles. The van der Waals surface area contributed by atoms with Crippen LogP contribution in [0, 0.1) is 11.6 Å². The minimum Gasteiger partial charge on any atom is -0.470 e. The van der Waals surface area contributed by atoms with Crippen molar-refractivity contribution in [2.75, 3.05) is 5.73 Å². The number of nitrogens with two attached hydrogens (primary N) is 1. The van der Waals surface area contributed by atoms with Crippen LogP contribution in [0.25, 0.3) is 0 Å². The van der Waals surface area contributed by atoms with Gasteiger partial charge in [0, 0.05) is 10.9 Å². The number of rotatable bonds is 3. The van der Waals surface area contributed by atoms with Gasteiger partial charge in [-0.25, -0.2) is 8.78 Å². The molecule has 0 amide bonds. The van der Waals surface area contributed by atoms with Gasteiger partial charge in [-0.3, -0.25) is 0 Å². The number of halogens is 2. The number of hydrogen-bond acceptors (Lipinski definition) is 4. The number of pyridine rings is 1.